The predicted octanol–water partition coefficient (Wildman–Crippen LogP) is 3.56. The van der Waals surface area contributed by atoms with Crippen molar-refractivity contribution in [2.24, 2.45) is 5.92 Å². The van der Waals surface area contributed by atoms with Gasteiger partial charge in [-0.3, -0.25) is 5.41 Å². The molecule has 1 aromatic rings. The second-order valence-electron chi connectivity index (χ2n) is 5.34. The van der Waals surface area contributed by atoms with E-state index in [1.54, 1.807) is 0 Å². The fraction of sp³-hybridized carbons (Fsp3) is 0.533. The number of benzene rings is 1. The third kappa shape index (κ3) is 2.08. The standard InChI is InChI=1S/C15H20N2/c16-15(12-6-2-1-3-7-12)17-10-13-8-4-5-9-14(13)11-17/h4-5,8-9,12,16H,1-3,6-7,10-11H2. The number of amidine groups is 1. The molecule has 2 aliphatic rings. The lowest BCUT2D eigenvalue weighted by atomic mass is 9.88. The van der Waals surface area contributed by atoms with Crippen LogP contribution in [0.25, 0.3) is 0 Å². The highest BCUT2D eigenvalue weighted by Crippen LogP contribution is 2.29. The fourth-order valence-electron chi connectivity index (χ4n) is 3.14. The largest absolute Gasteiger partial charge is 0.352 e. The van der Waals surface area contributed by atoms with E-state index < -0.39 is 0 Å². The minimum absolute atomic E-state index is 0.526. The molecule has 1 aliphatic carbocycles. The van der Waals surface area contributed by atoms with Crippen molar-refractivity contribution < 1.29 is 0 Å². The number of nitrogens with one attached hydrogen (secondary N) is 1. The summed E-state index contributed by atoms with van der Waals surface area (Å²) in [5.74, 6) is 1.42. The van der Waals surface area contributed by atoms with Gasteiger partial charge in [0.2, 0.25) is 0 Å². The van der Waals surface area contributed by atoms with E-state index in [9.17, 15) is 0 Å². The van der Waals surface area contributed by atoms with Gasteiger partial charge in [0.25, 0.3) is 0 Å². The van der Waals surface area contributed by atoms with Crippen LogP contribution in [0.1, 0.15) is 43.2 Å². The molecule has 0 amide bonds. The zero-order chi connectivity index (χ0) is 11.7. The van der Waals surface area contributed by atoms with E-state index in [0.717, 1.165) is 18.9 Å². The first kappa shape index (κ1) is 10.8. The molecule has 0 atom stereocenters. The van der Waals surface area contributed by atoms with Crippen LogP contribution >= 0.6 is 0 Å². The zero-order valence-electron chi connectivity index (χ0n) is 10.3. The minimum atomic E-state index is 0.526. The molecule has 0 radical (unpaired) electrons. The van der Waals surface area contributed by atoms with E-state index in [4.69, 9.17) is 5.41 Å². The minimum Gasteiger partial charge on any atom is -0.352 e. The first-order valence-electron chi connectivity index (χ1n) is 6.75. The van der Waals surface area contributed by atoms with Crippen LogP contribution in [0.4, 0.5) is 0 Å². The summed E-state index contributed by atoms with van der Waals surface area (Å²) < 4.78 is 0. The maximum absolute atomic E-state index is 8.38. The summed E-state index contributed by atoms with van der Waals surface area (Å²) in [6.45, 7) is 1.90. The Labute approximate surface area is 103 Å². The molecule has 1 N–H and O–H groups in total. The van der Waals surface area contributed by atoms with E-state index in [2.05, 4.69) is 29.2 Å². The average Bonchev–Trinajstić information content (AvgIpc) is 2.82. The summed E-state index contributed by atoms with van der Waals surface area (Å²) in [5.41, 5.74) is 2.82. The molecule has 1 aromatic carbocycles. The summed E-state index contributed by atoms with van der Waals surface area (Å²) in [6.07, 6.45) is 6.45. The summed E-state index contributed by atoms with van der Waals surface area (Å²) in [4.78, 5) is 2.26. The highest BCUT2D eigenvalue weighted by Gasteiger charge is 2.26. The van der Waals surface area contributed by atoms with Crippen LogP contribution in [-0.2, 0) is 13.1 Å². The Bertz CT molecular complexity index is 394. The first-order valence-corrected chi connectivity index (χ1v) is 6.75. The van der Waals surface area contributed by atoms with Gasteiger partial charge in [-0.1, -0.05) is 43.5 Å². The first-order chi connectivity index (χ1) is 8.34. The van der Waals surface area contributed by atoms with Crippen molar-refractivity contribution in [2.75, 3.05) is 0 Å². The molecule has 0 spiro atoms. The fourth-order valence-corrected chi connectivity index (χ4v) is 3.14. The van der Waals surface area contributed by atoms with Gasteiger partial charge in [-0.15, -0.1) is 0 Å². The van der Waals surface area contributed by atoms with E-state index in [1.165, 1.54) is 43.2 Å². The molecule has 0 bridgehead atoms. The molecule has 2 nitrogen and oxygen atoms in total. The Morgan fingerprint density at radius 1 is 1.00 bits per heavy atom. The van der Waals surface area contributed by atoms with Crippen LogP contribution in [0.3, 0.4) is 0 Å². The van der Waals surface area contributed by atoms with Crippen LogP contribution < -0.4 is 0 Å². The van der Waals surface area contributed by atoms with Crippen molar-refractivity contribution in [3.8, 4) is 0 Å². The lowest BCUT2D eigenvalue weighted by Gasteiger charge is -2.28. The van der Waals surface area contributed by atoms with Gasteiger partial charge >= 0.3 is 0 Å². The molecule has 1 fully saturated rings. The third-order valence-electron chi connectivity index (χ3n) is 4.17. The topological polar surface area (TPSA) is 27.1 Å². The maximum atomic E-state index is 8.38. The molecule has 1 saturated carbocycles. The Balaban J connectivity index is 1.69. The maximum Gasteiger partial charge on any atom is 0.0995 e. The molecule has 1 aliphatic heterocycles. The molecule has 17 heavy (non-hydrogen) atoms. The van der Waals surface area contributed by atoms with Gasteiger partial charge in [0.05, 0.1) is 5.84 Å². The molecule has 0 unspecified atom stereocenters. The Morgan fingerprint density at radius 3 is 2.18 bits per heavy atom. The normalized spacial score (nSPS) is 20.4. The summed E-state index contributed by atoms with van der Waals surface area (Å²) in [6, 6.07) is 8.60. The van der Waals surface area contributed by atoms with E-state index in [-0.39, 0.29) is 0 Å². The van der Waals surface area contributed by atoms with Crippen LogP contribution in [-0.4, -0.2) is 10.7 Å². The van der Waals surface area contributed by atoms with Crippen molar-refractivity contribution in [3.63, 3.8) is 0 Å². The molecular formula is C15H20N2. The van der Waals surface area contributed by atoms with E-state index in [0.29, 0.717) is 5.92 Å². The van der Waals surface area contributed by atoms with Crippen molar-refractivity contribution >= 4 is 5.84 Å². The SMILES string of the molecule is N=C(C1CCCCC1)N1Cc2ccccc2C1. The number of hydrogen-bond donors (Lipinski definition) is 1. The van der Waals surface area contributed by atoms with Crippen molar-refractivity contribution in [2.45, 2.75) is 45.2 Å². The summed E-state index contributed by atoms with van der Waals surface area (Å²) in [7, 11) is 0. The van der Waals surface area contributed by atoms with Crippen molar-refractivity contribution in [3.05, 3.63) is 35.4 Å². The second-order valence-corrected chi connectivity index (χ2v) is 5.34. The number of hydrogen-bond acceptors (Lipinski definition) is 1. The van der Waals surface area contributed by atoms with Crippen molar-refractivity contribution in [1.82, 2.24) is 4.90 Å². The van der Waals surface area contributed by atoms with Gasteiger partial charge in [-0.05, 0) is 24.0 Å². The Hall–Kier alpha value is -1.31. The van der Waals surface area contributed by atoms with Gasteiger partial charge in [0.15, 0.2) is 0 Å². The lowest BCUT2D eigenvalue weighted by Crippen LogP contribution is -2.32. The Morgan fingerprint density at radius 2 is 1.59 bits per heavy atom. The molecule has 0 saturated heterocycles. The number of rotatable bonds is 1. The summed E-state index contributed by atoms with van der Waals surface area (Å²) in [5, 5.41) is 8.38. The van der Waals surface area contributed by atoms with Gasteiger partial charge in [0.1, 0.15) is 0 Å². The third-order valence-corrected chi connectivity index (χ3v) is 4.17. The second kappa shape index (κ2) is 4.52. The van der Waals surface area contributed by atoms with Gasteiger partial charge < -0.3 is 4.90 Å². The quantitative estimate of drug-likeness (QED) is 0.577. The molecule has 90 valence electrons. The Kier molecular flexibility index (Phi) is 2.87. The van der Waals surface area contributed by atoms with Gasteiger partial charge in [-0.2, -0.15) is 0 Å². The lowest BCUT2D eigenvalue weighted by molar-refractivity contribution is 0.361. The predicted molar refractivity (Wildman–Crippen MR) is 70.0 cm³/mol. The van der Waals surface area contributed by atoms with Crippen LogP contribution in [0, 0.1) is 11.3 Å². The van der Waals surface area contributed by atoms with Gasteiger partial charge in [0, 0.05) is 19.0 Å². The summed E-state index contributed by atoms with van der Waals surface area (Å²) >= 11 is 0. The molecule has 3 rings (SSSR count). The van der Waals surface area contributed by atoms with Crippen LogP contribution in [0.15, 0.2) is 24.3 Å². The monoisotopic (exact) mass is 228 g/mol. The zero-order valence-corrected chi connectivity index (χ0v) is 10.3. The van der Waals surface area contributed by atoms with Crippen molar-refractivity contribution in [1.29, 1.82) is 5.41 Å². The molecule has 1 heterocycles. The average molecular weight is 228 g/mol. The van der Waals surface area contributed by atoms with E-state index >= 15 is 0 Å². The molecule has 2 heteroatoms. The number of fused-ring (bicyclic) bond motifs is 1. The van der Waals surface area contributed by atoms with E-state index in [1.807, 2.05) is 0 Å². The highest BCUT2D eigenvalue weighted by atomic mass is 15.2. The number of nitrogens with zero attached hydrogens (tertiary/aromatic N) is 1. The van der Waals surface area contributed by atoms with Gasteiger partial charge in [-0.25, -0.2) is 0 Å². The highest BCUT2D eigenvalue weighted by molar-refractivity contribution is 5.82. The van der Waals surface area contributed by atoms with Crippen LogP contribution in [0.5, 0.6) is 0 Å². The molecule has 0 aromatic heterocycles. The van der Waals surface area contributed by atoms with Crippen LogP contribution in [0.2, 0.25) is 0 Å². The smallest absolute Gasteiger partial charge is 0.0995 e. The molecular weight excluding hydrogens is 208 g/mol.